The second-order valence-electron chi connectivity index (χ2n) is 5.09. The van der Waals surface area contributed by atoms with Crippen LogP contribution in [0.5, 0.6) is 0 Å². The fraction of sp³-hybridized carbons (Fsp3) is 0.105. The van der Waals surface area contributed by atoms with Crippen molar-refractivity contribution in [3.8, 4) is 22.9 Å². The lowest BCUT2D eigenvalue weighted by molar-refractivity contribution is 0.0520. The summed E-state index contributed by atoms with van der Waals surface area (Å²) >= 11 is 0. The number of rotatable bonds is 4. The van der Waals surface area contributed by atoms with Gasteiger partial charge in [-0.25, -0.2) is 9.78 Å². The fourth-order valence-electron chi connectivity index (χ4n) is 2.44. The molecule has 0 saturated carbocycles. The molecule has 0 atom stereocenters. The minimum atomic E-state index is -0.442. The highest BCUT2D eigenvalue weighted by atomic mass is 16.5. The summed E-state index contributed by atoms with van der Waals surface area (Å²) in [5, 5.41) is 9.26. The molecule has 0 aliphatic carbocycles. The molecule has 0 unspecified atom stereocenters. The highest BCUT2D eigenvalue weighted by Gasteiger charge is 2.11. The van der Waals surface area contributed by atoms with Crippen LogP contribution in [0.4, 0.5) is 0 Å². The van der Waals surface area contributed by atoms with Gasteiger partial charge in [0.1, 0.15) is 6.33 Å². The van der Waals surface area contributed by atoms with Gasteiger partial charge >= 0.3 is 5.97 Å². The number of aromatic nitrogens is 2. The van der Waals surface area contributed by atoms with Crippen molar-refractivity contribution in [2.24, 2.45) is 0 Å². The van der Waals surface area contributed by atoms with Gasteiger partial charge in [-0.1, -0.05) is 30.3 Å². The van der Waals surface area contributed by atoms with Gasteiger partial charge in [-0.05, 0) is 36.2 Å². The summed E-state index contributed by atoms with van der Waals surface area (Å²) < 4.78 is 6.70. The van der Waals surface area contributed by atoms with E-state index in [0.717, 1.165) is 16.8 Å². The molecular weight excluding hydrogens is 302 g/mol. The summed E-state index contributed by atoms with van der Waals surface area (Å²) in [5.41, 5.74) is 3.53. The third-order valence-electron chi connectivity index (χ3n) is 3.57. The molecule has 5 nitrogen and oxygen atoms in total. The second-order valence-corrected chi connectivity index (χ2v) is 5.09. The number of carbonyl (C=O) groups excluding carboxylic acids is 1. The van der Waals surface area contributed by atoms with Crippen LogP contribution in [-0.4, -0.2) is 22.1 Å². The number of imidazole rings is 1. The van der Waals surface area contributed by atoms with E-state index in [1.54, 1.807) is 30.1 Å². The van der Waals surface area contributed by atoms with E-state index in [1.807, 2.05) is 42.5 Å². The Morgan fingerprint density at radius 3 is 2.88 bits per heavy atom. The molecule has 0 amide bonds. The minimum Gasteiger partial charge on any atom is -0.461 e. The van der Waals surface area contributed by atoms with Crippen LogP contribution in [0, 0.1) is 11.3 Å². The van der Waals surface area contributed by atoms with E-state index in [-0.39, 0.29) is 5.69 Å². The van der Waals surface area contributed by atoms with Gasteiger partial charge in [0, 0.05) is 11.9 Å². The molecule has 3 aromatic rings. The highest BCUT2D eigenvalue weighted by molar-refractivity contribution is 5.87. The minimum absolute atomic E-state index is 0.264. The predicted molar refractivity (Wildman–Crippen MR) is 89.7 cm³/mol. The van der Waals surface area contributed by atoms with E-state index in [0.29, 0.717) is 12.2 Å². The van der Waals surface area contributed by atoms with Crippen LogP contribution in [0.25, 0.3) is 16.8 Å². The smallest absolute Gasteiger partial charge is 0.358 e. The summed E-state index contributed by atoms with van der Waals surface area (Å²) in [4.78, 5) is 15.8. The Bertz CT molecular complexity index is 922. The van der Waals surface area contributed by atoms with Crippen LogP contribution in [0.3, 0.4) is 0 Å². The van der Waals surface area contributed by atoms with Crippen molar-refractivity contribution in [3.63, 3.8) is 0 Å². The Labute approximate surface area is 139 Å². The Morgan fingerprint density at radius 2 is 2.08 bits per heavy atom. The molecule has 5 heteroatoms. The average Bonchev–Trinajstić information content (AvgIpc) is 3.12. The molecule has 0 aliphatic rings. The Kier molecular flexibility index (Phi) is 4.39. The largest absolute Gasteiger partial charge is 0.461 e. The van der Waals surface area contributed by atoms with E-state index in [9.17, 15) is 10.1 Å². The van der Waals surface area contributed by atoms with Gasteiger partial charge in [-0.2, -0.15) is 5.26 Å². The monoisotopic (exact) mass is 317 g/mol. The quantitative estimate of drug-likeness (QED) is 0.690. The van der Waals surface area contributed by atoms with E-state index in [4.69, 9.17) is 4.74 Å². The lowest BCUT2D eigenvalue weighted by atomic mass is 10.00. The first-order valence-electron chi connectivity index (χ1n) is 7.54. The fourth-order valence-corrected chi connectivity index (χ4v) is 2.44. The van der Waals surface area contributed by atoms with Crippen LogP contribution < -0.4 is 0 Å². The van der Waals surface area contributed by atoms with Crippen molar-refractivity contribution in [3.05, 3.63) is 72.3 Å². The topological polar surface area (TPSA) is 67.9 Å². The third-order valence-corrected chi connectivity index (χ3v) is 3.57. The molecule has 0 aliphatic heterocycles. The first kappa shape index (κ1) is 15.5. The summed E-state index contributed by atoms with van der Waals surface area (Å²) in [6.07, 6.45) is 3.20. The molecule has 0 saturated heterocycles. The summed E-state index contributed by atoms with van der Waals surface area (Å²) in [6, 6.07) is 17.4. The lowest BCUT2D eigenvalue weighted by Crippen LogP contribution is -2.04. The van der Waals surface area contributed by atoms with Crippen molar-refractivity contribution < 1.29 is 9.53 Å². The zero-order valence-electron chi connectivity index (χ0n) is 13.1. The number of nitriles is 1. The Balaban J connectivity index is 1.97. The molecule has 0 fully saturated rings. The highest BCUT2D eigenvalue weighted by Crippen LogP contribution is 2.25. The summed E-state index contributed by atoms with van der Waals surface area (Å²) in [5.74, 6) is -0.442. The number of nitrogens with zero attached hydrogens (tertiary/aromatic N) is 3. The van der Waals surface area contributed by atoms with Crippen LogP contribution in [-0.2, 0) is 4.74 Å². The van der Waals surface area contributed by atoms with Crippen LogP contribution >= 0.6 is 0 Å². The van der Waals surface area contributed by atoms with Crippen LogP contribution in [0.2, 0.25) is 0 Å². The molecule has 118 valence electrons. The summed E-state index contributed by atoms with van der Waals surface area (Å²) in [7, 11) is 0. The predicted octanol–water partition coefficient (Wildman–Crippen LogP) is 3.59. The first-order valence-corrected chi connectivity index (χ1v) is 7.54. The van der Waals surface area contributed by atoms with Gasteiger partial charge in [-0.3, -0.25) is 0 Å². The number of esters is 1. The van der Waals surface area contributed by atoms with E-state index in [1.165, 1.54) is 0 Å². The second kappa shape index (κ2) is 6.80. The maximum atomic E-state index is 11.7. The molecule has 0 N–H and O–H groups in total. The number of carbonyl (C=O) groups is 1. The maximum Gasteiger partial charge on any atom is 0.358 e. The molecule has 0 spiro atoms. The van der Waals surface area contributed by atoms with E-state index >= 15 is 0 Å². The van der Waals surface area contributed by atoms with E-state index < -0.39 is 5.97 Å². The van der Waals surface area contributed by atoms with Crippen LogP contribution in [0.1, 0.15) is 23.0 Å². The molecule has 1 heterocycles. The van der Waals surface area contributed by atoms with Gasteiger partial charge in [-0.15, -0.1) is 0 Å². The van der Waals surface area contributed by atoms with Crippen molar-refractivity contribution >= 4 is 5.97 Å². The molecule has 3 rings (SSSR count). The third kappa shape index (κ3) is 3.03. The standard InChI is InChI=1S/C19H15N3O2/c1-2-24-19(23)18-12-22(13-21-18)16-8-5-7-14(10-16)17-9-4-3-6-15(17)11-20/h3-10,12-13H,2H2,1H3. The molecule has 0 radical (unpaired) electrons. The van der Waals surface area contributed by atoms with Crippen molar-refractivity contribution in [1.82, 2.24) is 9.55 Å². The zero-order valence-corrected chi connectivity index (χ0v) is 13.1. The number of hydrogen-bond acceptors (Lipinski definition) is 4. The normalized spacial score (nSPS) is 10.2. The number of ether oxygens (including phenoxy) is 1. The van der Waals surface area contributed by atoms with Crippen molar-refractivity contribution in [2.75, 3.05) is 6.61 Å². The molecule has 1 aromatic heterocycles. The molecule has 2 aromatic carbocycles. The Morgan fingerprint density at radius 1 is 1.25 bits per heavy atom. The van der Waals surface area contributed by atoms with Gasteiger partial charge < -0.3 is 9.30 Å². The first-order chi connectivity index (χ1) is 11.7. The SMILES string of the molecule is CCOC(=O)c1cn(-c2cccc(-c3ccccc3C#N)c2)cn1. The van der Waals surface area contributed by atoms with Gasteiger partial charge in [0.25, 0.3) is 0 Å². The van der Waals surface area contributed by atoms with E-state index in [2.05, 4.69) is 11.1 Å². The lowest BCUT2D eigenvalue weighted by Gasteiger charge is -2.07. The van der Waals surface area contributed by atoms with Crippen molar-refractivity contribution in [2.45, 2.75) is 6.92 Å². The zero-order chi connectivity index (χ0) is 16.9. The van der Waals surface area contributed by atoms with Gasteiger partial charge in [0.05, 0.1) is 18.2 Å². The summed E-state index contributed by atoms with van der Waals surface area (Å²) in [6.45, 7) is 2.07. The average molecular weight is 317 g/mol. The molecule has 0 bridgehead atoms. The number of hydrogen-bond donors (Lipinski definition) is 0. The number of benzene rings is 2. The van der Waals surface area contributed by atoms with Crippen molar-refractivity contribution in [1.29, 1.82) is 5.26 Å². The molecular formula is C19H15N3O2. The maximum absolute atomic E-state index is 11.7. The van der Waals surface area contributed by atoms with Gasteiger partial charge in [0.2, 0.25) is 0 Å². The molecule has 24 heavy (non-hydrogen) atoms. The van der Waals surface area contributed by atoms with Gasteiger partial charge in [0.15, 0.2) is 5.69 Å². The van der Waals surface area contributed by atoms with Crippen LogP contribution in [0.15, 0.2) is 61.1 Å². The Hall–Kier alpha value is -3.39.